The van der Waals surface area contributed by atoms with E-state index in [1.807, 2.05) is 11.3 Å². The molecule has 4 heteroatoms. The zero-order valence-electron chi connectivity index (χ0n) is 10.7. The number of hydrogen-bond donors (Lipinski definition) is 1. The van der Waals surface area contributed by atoms with Crippen molar-refractivity contribution in [2.45, 2.75) is 12.5 Å². The first-order valence-corrected chi connectivity index (χ1v) is 7.13. The molecule has 0 spiro atoms. The topological polar surface area (TPSA) is 24.5 Å². The van der Waals surface area contributed by atoms with Crippen LogP contribution in [-0.2, 0) is 4.74 Å². The fraction of sp³-hybridized carbons (Fsp3) is 0.692. The van der Waals surface area contributed by atoms with Gasteiger partial charge >= 0.3 is 0 Å². The molecule has 2 rings (SSSR count). The molecule has 1 aromatic heterocycles. The fourth-order valence-electron chi connectivity index (χ4n) is 2.19. The van der Waals surface area contributed by atoms with Crippen molar-refractivity contribution in [2.24, 2.45) is 5.92 Å². The summed E-state index contributed by atoms with van der Waals surface area (Å²) in [7, 11) is 4.29. The molecule has 1 aliphatic heterocycles. The predicted octanol–water partition coefficient (Wildman–Crippen LogP) is 1.98. The van der Waals surface area contributed by atoms with Crippen LogP contribution in [0.4, 0.5) is 0 Å². The van der Waals surface area contributed by atoms with Crippen LogP contribution in [0.5, 0.6) is 0 Å². The quantitative estimate of drug-likeness (QED) is 0.840. The van der Waals surface area contributed by atoms with Crippen molar-refractivity contribution in [2.75, 3.05) is 40.4 Å². The van der Waals surface area contributed by atoms with Crippen LogP contribution < -0.4 is 5.32 Å². The lowest BCUT2D eigenvalue weighted by molar-refractivity contribution is 0.184. The van der Waals surface area contributed by atoms with Gasteiger partial charge in [-0.1, -0.05) is 6.07 Å². The van der Waals surface area contributed by atoms with E-state index in [4.69, 9.17) is 4.74 Å². The van der Waals surface area contributed by atoms with E-state index in [1.165, 1.54) is 11.3 Å². The molecule has 1 saturated heterocycles. The Morgan fingerprint density at radius 1 is 1.59 bits per heavy atom. The van der Waals surface area contributed by atoms with Crippen molar-refractivity contribution in [1.29, 1.82) is 0 Å². The van der Waals surface area contributed by atoms with Gasteiger partial charge in [-0.15, -0.1) is 11.3 Å². The molecule has 2 atom stereocenters. The summed E-state index contributed by atoms with van der Waals surface area (Å²) in [4.78, 5) is 3.72. The van der Waals surface area contributed by atoms with Crippen LogP contribution in [0.1, 0.15) is 17.3 Å². The zero-order valence-corrected chi connectivity index (χ0v) is 11.5. The summed E-state index contributed by atoms with van der Waals surface area (Å²) in [6.07, 6.45) is 1.21. The Kier molecular flexibility index (Phi) is 4.98. The lowest BCUT2D eigenvalue weighted by atomic mass is 10.1. The van der Waals surface area contributed by atoms with E-state index in [0.717, 1.165) is 26.3 Å². The first-order valence-electron chi connectivity index (χ1n) is 6.25. The zero-order chi connectivity index (χ0) is 12.1. The van der Waals surface area contributed by atoms with Crippen LogP contribution in [0.25, 0.3) is 0 Å². The predicted molar refractivity (Wildman–Crippen MR) is 72.5 cm³/mol. The van der Waals surface area contributed by atoms with E-state index in [2.05, 4.69) is 41.8 Å². The second-order valence-corrected chi connectivity index (χ2v) is 5.86. The highest BCUT2D eigenvalue weighted by Crippen LogP contribution is 2.22. The molecule has 1 N–H and O–H groups in total. The summed E-state index contributed by atoms with van der Waals surface area (Å²) in [5, 5.41) is 5.73. The number of ether oxygens (including phenoxy) is 1. The lowest BCUT2D eigenvalue weighted by Crippen LogP contribution is -2.33. The third-order valence-electron chi connectivity index (χ3n) is 3.29. The van der Waals surface area contributed by atoms with Crippen molar-refractivity contribution in [3.05, 3.63) is 22.4 Å². The molecular weight excluding hydrogens is 232 g/mol. The maximum atomic E-state index is 5.39. The summed E-state index contributed by atoms with van der Waals surface area (Å²) in [6, 6.07) is 4.83. The van der Waals surface area contributed by atoms with Crippen LogP contribution >= 0.6 is 11.3 Å². The van der Waals surface area contributed by atoms with E-state index >= 15 is 0 Å². The first-order chi connectivity index (χ1) is 8.27. The molecule has 0 amide bonds. The van der Waals surface area contributed by atoms with Gasteiger partial charge < -0.3 is 15.0 Å². The van der Waals surface area contributed by atoms with Crippen molar-refractivity contribution < 1.29 is 4.74 Å². The molecule has 96 valence electrons. The van der Waals surface area contributed by atoms with Crippen LogP contribution in [-0.4, -0.2) is 45.3 Å². The van der Waals surface area contributed by atoms with Gasteiger partial charge in [-0.05, 0) is 37.9 Å². The highest BCUT2D eigenvalue weighted by atomic mass is 32.1. The second kappa shape index (κ2) is 6.50. The minimum absolute atomic E-state index is 0.484. The van der Waals surface area contributed by atoms with Gasteiger partial charge in [-0.25, -0.2) is 0 Å². The Morgan fingerprint density at radius 3 is 3.06 bits per heavy atom. The average molecular weight is 254 g/mol. The lowest BCUT2D eigenvalue weighted by Gasteiger charge is -2.24. The van der Waals surface area contributed by atoms with Crippen LogP contribution in [0, 0.1) is 5.92 Å². The summed E-state index contributed by atoms with van der Waals surface area (Å²) in [5.41, 5.74) is 0. The van der Waals surface area contributed by atoms with E-state index < -0.39 is 0 Å². The van der Waals surface area contributed by atoms with Crippen LogP contribution in [0.3, 0.4) is 0 Å². The summed E-state index contributed by atoms with van der Waals surface area (Å²) in [5.74, 6) is 0.709. The number of thiophene rings is 1. The van der Waals surface area contributed by atoms with E-state index in [9.17, 15) is 0 Å². The Labute approximate surface area is 108 Å². The van der Waals surface area contributed by atoms with Crippen molar-refractivity contribution in [1.82, 2.24) is 10.2 Å². The highest BCUT2D eigenvalue weighted by Gasteiger charge is 2.18. The highest BCUT2D eigenvalue weighted by molar-refractivity contribution is 7.10. The number of nitrogens with zero attached hydrogens (tertiary/aromatic N) is 1. The molecule has 0 aliphatic carbocycles. The molecule has 3 nitrogen and oxygen atoms in total. The monoisotopic (exact) mass is 254 g/mol. The molecule has 2 heterocycles. The van der Waals surface area contributed by atoms with Gasteiger partial charge in [0.15, 0.2) is 0 Å². The van der Waals surface area contributed by atoms with Gasteiger partial charge in [0.1, 0.15) is 0 Å². The number of rotatable bonds is 6. The van der Waals surface area contributed by atoms with Gasteiger partial charge in [-0.3, -0.25) is 0 Å². The molecule has 0 saturated carbocycles. The number of hydrogen-bond acceptors (Lipinski definition) is 4. The Balaban J connectivity index is 1.78. The van der Waals surface area contributed by atoms with Gasteiger partial charge in [0.25, 0.3) is 0 Å². The molecule has 17 heavy (non-hydrogen) atoms. The summed E-state index contributed by atoms with van der Waals surface area (Å²) < 4.78 is 5.39. The van der Waals surface area contributed by atoms with E-state index in [1.54, 1.807) is 0 Å². The van der Waals surface area contributed by atoms with Gasteiger partial charge in [-0.2, -0.15) is 0 Å². The van der Waals surface area contributed by atoms with Crippen molar-refractivity contribution in [3.8, 4) is 0 Å². The van der Waals surface area contributed by atoms with Crippen molar-refractivity contribution >= 4 is 11.3 Å². The fourth-order valence-corrected chi connectivity index (χ4v) is 3.11. The van der Waals surface area contributed by atoms with Gasteiger partial charge in [0.05, 0.1) is 12.6 Å². The second-order valence-electron chi connectivity index (χ2n) is 4.88. The number of likely N-dealkylation sites (N-methyl/N-ethyl adjacent to an activating group) is 1. The standard InChI is InChI=1S/C13H22N2OS/c1-15(2)12(13-4-3-7-17-13)9-14-8-11-5-6-16-10-11/h3-4,7,11-12,14H,5-6,8-10H2,1-2H3. The number of nitrogens with one attached hydrogen (secondary N) is 1. The molecule has 1 aromatic rings. The largest absolute Gasteiger partial charge is 0.381 e. The van der Waals surface area contributed by atoms with Gasteiger partial charge in [0.2, 0.25) is 0 Å². The third-order valence-corrected chi connectivity index (χ3v) is 4.26. The molecule has 2 unspecified atom stereocenters. The SMILES string of the molecule is CN(C)C(CNCC1CCOC1)c1cccs1. The minimum atomic E-state index is 0.484. The Hall–Kier alpha value is -0.420. The molecule has 0 bridgehead atoms. The Morgan fingerprint density at radius 2 is 2.47 bits per heavy atom. The summed E-state index contributed by atoms with van der Waals surface area (Å²) >= 11 is 1.84. The summed E-state index contributed by atoms with van der Waals surface area (Å²) in [6.45, 7) is 3.97. The van der Waals surface area contributed by atoms with E-state index in [0.29, 0.717) is 12.0 Å². The van der Waals surface area contributed by atoms with Crippen LogP contribution in [0.15, 0.2) is 17.5 Å². The maximum Gasteiger partial charge on any atom is 0.0561 e. The molecule has 1 fully saturated rings. The first kappa shape index (κ1) is 13.0. The minimum Gasteiger partial charge on any atom is -0.381 e. The average Bonchev–Trinajstić information content (AvgIpc) is 2.96. The normalized spacial score (nSPS) is 22.2. The van der Waals surface area contributed by atoms with E-state index in [-0.39, 0.29) is 0 Å². The smallest absolute Gasteiger partial charge is 0.0561 e. The molecular formula is C13H22N2OS. The molecule has 1 aliphatic rings. The van der Waals surface area contributed by atoms with Gasteiger partial charge in [0, 0.05) is 24.6 Å². The maximum absolute atomic E-state index is 5.39. The third kappa shape index (κ3) is 3.78. The molecule has 0 aromatic carbocycles. The van der Waals surface area contributed by atoms with Crippen molar-refractivity contribution in [3.63, 3.8) is 0 Å². The van der Waals surface area contributed by atoms with Crippen LogP contribution in [0.2, 0.25) is 0 Å². The molecule has 0 radical (unpaired) electrons. The Bertz CT molecular complexity index is 307.